The summed E-state index contributed by atoms with van der Waals surface area (Å²) in [5.74, 6) is 5.93. The average molecular weight is 263 g/mol. The number of hydrogen-bond acceptors (Lipinski definition) is 7. The zero-order valence-electron chi connectivity index (χ0n) is 10.8. The summed E-state index contributed by atoms with van der Waals surface area (Å²) >= 11 is 0. The van der Waals surface area contributed by atoms with Gasteiger partial charge in [-0.3, -0.25) is 5.43 Å². The number of aromatic nitrogens is 5. The molecule has 2 aromatic heterocycles. The predicted octanol–water partition coefficient (Wildman–Crippen LogP) is 0.912. The molecule has 0 aliphatic rings. The maximum atomic E-state index is 5.49. The molecule has 0 unspecified atom stereocenters. The van der Waals surface area contributed by atoms with E-state index in [9.17, 15) is 0 Å². The molecule has 102 valence electrons. The summed E-state index contributed by atoms with van der Waals surface area (Å²) in [7, 11) is 0. The molecule has 0 aromatic carbocycles. The van der Waals surface area contributed by atoms with Crippen molar-refractivity contribution in [2.45, 2.75) is 26.2 Å². The van der Waals surface area contributed by atoms with Crippen molar-refractivity contribution in [3.63, 3.8) is 0 Å². The molecule has 19 heavy (non-hydrogen) atoms. The molecular weight excluding hydrogens is 246 g/mol. The molecule has 0 saturated carbocycles. The fourth-order valence-corrected chi connectivity index (χ4v) is 1.48. The number of ether oxygens (including phenoxy) is 1. The minimum atomic E-state index is 0.240. The first-order valence-electron chi connectivity index (χ1n) is 6.19. The number of unbranched alkanes of at least 4 members (excludes halogenated alkanes) is 2. The Labute approximate surface area is 111 Å². The van der Waals surface area contributed by atoms with Gasteiger partial charge in [-0.25, -0.2) is 10.5 Å². The molecule has 0 saturated heterocycles. The van der Waals surface area contributed by atoms with Crippen molar-refractivity contribution in [3.8, 4) is 12.0 Å². The van der Waals surface area contributed by atoms with Gasteiger partial charge >= 0.3 is 6.01 Å². The van der Waals surface area contributed by atoms with Gasteiger partial charge in [0.1, 0.15) is 0 Å². The maximum absolute atomic E-state index is 5.49. The topological polar surface area (TPSA) is 104 Å². The molecule has 0 amide bonds. The molecule has 0 bridgehead atoms. The van der Waals surface area contributed by atoms with Gasteiger partial charge in [0.2, 0.25) is 5.95 Å². The van der Waals surface area contributed by atoms with Crippen LogP contribution in [-0.2, 0) is 0 Å². The second kappa shape index (κ2) is 6.64. The minimum Gasteiger partial charge on any atom is -0.463 e. The van der Waals surface area contributed by atoms with Gasteiger partial charge in [0.15, 0.2) is 0 Å². The Kier molecular flexibility index (Phi) is 4.62. The van der Waals surface area contributed by atoms with Crippen LogP contribution in [0, 0.1) is 0 Å². The highest BCUT2D eigenvalue weighted by atomic mass is 16.5. The highest BCUT2D eigenvalue weighted by Gasteiger charge is 2.08. The Morgan fingerprint density at radius 1 is 1.32 bits per heavy atom. The number of nitrogens with one attached hydrogen (secondary N) is 1. The highest BCUT2D eigenvalue weighted by molar-refractivity contribution is 5.28. The molecule has 8 heteroatoms. The quantitative estimate of drug-likeness (QED) is 0.434. The van der Waals surface area contributed by atoms with Crippen molar-refractivity contribution in [1.29, 1.82) is 0 Å². The van der Waals surface area contributed by atoms with Gasteiger partial charge < -0.3 is 4.74 Å². The van der Waals surface area contributed by atoms with E-state index >= 15 is 0 Å². The summed E-state index contributed by atoms with van der Waals surface area (Å²) in [6, 6.07) is 2.02. The normalized spacial score (nSPS) is 10.4. The molecular formula is C11H17N7O. The fourth-order valence-electron chi connectivity index (χ4n) is 1.48. The molecule has 3 N–H and O–H groups in total. The van der Waals surface area contributed by atoms with Crippen LogP contribution >= 0.6 is 0 Å². The van der Waals surface area contributed by atoms with E-state index in [0.717, 1.165) is 19.3 Å². The van der Waals surface area contributed by atoms with Crippen LogP contribution in [0.5, 0.6) is 6.01 Å². The SMILES string of the molecule is CCCCCOc1nc(NN)nc(-n2cccn2)n1. The maximum Gasteiger partial charge on any atom is 0.323 e. The van der Waals surface area contributed by atoms with Crippen molar-refractivity contribution in [3.05, 3.63) is 18.5 Å². The minimum absolute atomic E-state index is 0.240. The van der Waals surface area contributed by atoms with E-state index in [1.54, 1.807) is 18.5 Å². The monoisotopic (exact) mass is 263 g/mol. The van der Waals surface area contributed by atoms with Crippen LogP contribution in [-0.4, -0.2) is 31.3 Å². The van der Waals surface area contributed by atoms with Gasteiger partial charge in [-0.05, 0) is 12.5 Å². The van der Waals surface area contributed by atoms with Crippen LogP contribution < -0.4 is 16.0 Å². The first-order valence-corrected chi connectivity index (χ1v) is 6.19. The molecule has 2 rings (SSSR count). The van der Waals surface area contributed by atoms with Gasteiger partial charge in [-0.2, -0.15) is 20.1 Å². The third-order valence-corrected chi connectivity index (χ3v) is 2.42. The Morgan fingerprint density at radius 3 is 2.89 bits per heavy atom. The molecule has 2 heterocycles. The third-order valence-electron chi connectivity index (χ3n) is 2.42. The number of nitrogens with zero attached hydrogens (tertiary/aromatic N) is 5. The van der Waals surface area contributed by atoms with Gasteiger partial charge in [0.05, 0.1) is 6.61 Å². The lowest BCUT2D eigenvalue weighted by Gasteiger charge is -2.07. The molecule has 8 nitrogen and oxygen atoms in total. The molecule has 0 radical (unpaired) electrons. The first-order chi connectivity index (χ1) is 9.33. The van der Waals surface area contributed by atoms with E-state index in [4.69, 9.17) is 10.6 Å². The van der Waals surface area contributed by atoms with E-state index in [1.807, 2.05) is 0 Å². The van der Waals surface area contributed by atoms with E-state index in [0.29, 0.717) is 12.6 Å². The number of anilines is 1. The Bertz CT molecular complexity index is 500. The van der Waals surface area contributed by atoms with Crippen LogP contribution in [0.3, 0.4) is 0 Å². The zero-order chi connectivity index (χ0) is 13.5. The predicted molar refractivity (Wildman–Crippen MR) is 69.8 cm³/mol. The number of rotatable bonds is 7. The number of hydrogen-bond donors (Lipinski definition) is 2. The Hall–Kier alpha value is -2.22. The lowest BCUT2D eigenvalue weighted by Crippen LogP contribution is -2.15. The van der Waals surface area contributed by atoms with Crippen molar-refractivity contribution in [1.82, 2.24) is 24.7 Å². The molecule has 2 aromatic rings. The highest BCUT2D eigenvalue weighted by Crippen LogP contribution is 2.10. The average Bonchev–Trinajstić information content (AvgIpc) is 2.97. The Balaban J connectivity index is 2.12. The smallest absolute Gasteiger partial charge is 0.323 e. The van der Waals surface area contributed by atoms with E-state index in [1.165, 1.54) is 4.68 Å². The lowest BCUT2D eigenvalue weighted by atomic mass is 10.3. The van der Waals surface area contributed by atoms with Crippen LogP contribution in [0.4, 0.5) is 5.95 Å². The largest absolute Gasteiger partial charge is 0.463 e. The molecule has 0 spiro atoms. The van der Waals surface area contributed by atoms with Crippen LogP contribution in [0.2, 0.25) is 0 Å². The van der Waals surface area contributed by atoms with E-state index in [-0.39, 0.29) is 12.0 Å². The molecule has 0 aliphatic heterocycles. The molecule has 0 fully saturated rings. The van der Waals surface area contributed by atoms with Crippen LogP contribution in [0.15, 0.2) is 18.5 Å². The van der Waals surface area contributed by atoms with Gasteiger partial charge in [0.25, 0.3) is 5.95 Å². The summed E-state index contributed by atoms with van der Waals surface area (Å²) in [4.78, 5) is 12.3. The Morgan fingerprint density at radius 2 is 2.21 bits per heavy atom. The number of hydrazine groups is 1. The van der Waals surface area contributed by atoms with Crippen LogP contribution in [0.25, 0.3) is 5.95 Å². The van der Waals surface area contributed by atoms with Crippen molar-refractivity contribution >= 4 is 5.95 Å². The van der Waals surface area contributed by atoms with Gasteiger partial charge in [0, 0.05) is 12.4 Å². The van der Waals surface area contributed by atoms with Crippen molar-refractivity contribution in [2.75, 3.05) is 12.0 Å². The fraction of sp³-hybridized carbons (Fsp3) is 0.455. The lowest BCUT2D eigenvalue weighted by molar-refractivity contribution is 0.281. The number of nitrogens with two attached hydrogens (primary N) is 1. The molecule has 0 aliphatic carbocycles. The first kappa shape index (κ1) is 13.2. The second-order valence-corrected chi connectivity index (χ2v) is 3.89. The number of nitrogen functional groups attached to an aromatic ring is 1. The van der Waals surface area contributed by atoms with Crippen molar-refractivity contribution < 1.29 is 4.74 Å². The second-order valence-electron chi connectivity index (χ2n) is 3.89. The summed E-state index contributed by atoms with van der Waals surface area (Å²) in [6.45, 7) is 2.70. The summed E-state index contributed by atoms with van der Waals surface area (Å²) in [5, 5.41) is 4.05. The van der Waals surface area contributed by atoms with E-state index < -0.39 is 0 Å². The standard InChI is InChI=1S/C11H17N7O/c1-2-3-4-8-19-11-15-9(17-12)14-10(16-11)18-7-5-6-13-18/h5-7H,2-4,8,12H2,1H3,(H,14,15,16,17). The summed E-state index contributed by atoms with van der Waals surface area (Å²) < 4.78 is 7.01. The van der Waals surface area contributed by atoms with Gasteiger partial charge in [-0.1, -0.05) is 19.8 Å². The van der Waals surface area contributed by atoms with Crippen molar-refractivity contribution in [2.24, 2.45) is 5.84 Å². The van der Waals surface area contributed by atoms with E-state index in [2.05, 4.69) is 32.4 Å². The third kappa shape index (κ3) is 3.62. The molecule has 0 atom stereocenters. The summed E-state index contributed by atoms with van der Waals surface area (Å²) in [5.41, 5.74) is 2.39. The van der Waals surface area contributed by atoms with Gasteiger partial charge in [-0.15, -0.1) is 0 Å². The zero-order valence-corrected chi connectivity index (χ0v) is 10.8. The summed E-state index contributed by atoms with van der Waals surface area (Å²) in [6.07, 6.45) is 6.58. The van der Waals surface area contributed by atoms with Crippen LogP contribution in [0.1, 0.15) is 26.2 Å².